The molecule has 0 unspecified atom stereocenters. The zero-order valence-electron chi connectivity index (χ0n) is 81.8. The van der Waals surface area contributed by atoms with Crippen LogP contribution in [0.25, 0.3) is 11.3 Å². The zero-order valence-corrected chi connectivity index (χ0v) is 81.8. The smallest absolute Gasteiger partial charge is 0.280 e. The Morgan fingerprint density at radius 1 is 0.307 bits per heavy atom. The summed E-state index contributed by atoms with van der Waals surface area (Å²) in [6, 6.07) is 60.7. The fraction of sp³-hybridized carbons (Fsp3) is 0.125. The molecule has 0 fully saturated rings. The molecule has 0 saturated heterocycles. The highest BCUT2D eigenvalue weighted by Gasteiger charge is 2.20. The molecule has 758 valence electrons. The van der Waals surface area contributed by atoms with Gasteiger partial charge in [-0.3, -0.25) is 92.8 Å². The van der Waals surface area contributed by atoms with Gasteiger partial charge >= 0.3 is 0 Å². The second kappa shape index (κ2) is 53.3. The number of nitrogens with two attached hydrogens (primary N) is 5. The molecule has 0 saturated carbocycles. The number of hydrogen-bond donors (Lipinski definition) is 10. The minimum Gasteiger partial charge on any atom is -0.487 e. The highest BCUT2D eigenvalue weighted by atomic mass is 19.3. The first-order valence-electron chi connectivity index (χ1n) is 45.7. The number of pyridine rings is 10. The Morgan fingerprint density at radius 2 is 0.620 bits per heavy atom. The standard InChI is InChI=1S/C26H22N4O3.C23H20N4O3.C21H18F2N4O3.C21H19FN4O3.C21H20N4O3/c1-17-7-9-22(11-21(17)16-33-23-12-20(25(27)31)13-28-15-23)30-26(32)19-8-10-24(29-14-19)18-5-3-2-4-6-18;1-3-4-16-6-8-21(26-11-16)23(29)27-19-7-5-15(2)18(9-19)14-30-20-10-17(22(24)28)12-25-13-20;1-12-2-4-16(27-21(29)13-3-5-18(19(22)23)26-9-13)6-15(12)11-30-17-7-14(20(24)28)8-25-10-17;1-13-2-4-17(26-21(28)14-3-5-18(8-22)25-10-14)6-16(13)12-29-19-7-15(20(23)27)9-24-11-19;1-13-3-6-18(25-21(27)15-5-4-14(2)24-10-15)7-17(13)12-28-19-8-16(20(22)26)9-23-11-19/h2-15H,16H2,1H3,(H2,27,31)(H,30,32);5-13H,14H2,1-2H3,(H2,24,28)(H,27,29);2-10,19H,11H2,1H3,(H2,24,28)(H,27,29);2-7,9-11H,8,12H2,1H3,(H2,23,27)(H,26,28);3-11H,12H2,1-2H3,(H2,22,26)(H,25,27). The van der Waals surface area contributed by atoms with Crippen molar-refractivity contribution >= 4 is 87.5 Å². The van der Waals surface area contributed by atoms with Crippen LogP contribution in [0.15, 0.2) is 305 Å². The van der Waals surface area contributed by atoms with Crippen LogP contribution >= 0.6 is 0 Å². The van der Waals surface area contributed by atoms with E-state index in [1.165, 1.54) is 105 Å². The first-order valence-corrected chi connectivity index (χ1v) is 45.7. The van der Waals surface area contributed by atoms with E-state index in [0.29, 0.717) is 79.6 Å². The van der Waals surface area contributed by atoms with Gasteiger partial charge in [-0.1, -0.05) is 66.6 Å². The Kier molecular flexibility index (Phi) is 38.6. The van der Waals surface area contributed by atoms with Gasteiger partial charge in [0.15, 0.2) is 0 Å². The summed E-state index contributed by atoms with van der Waals surface area (Å²) in [7, 11) is 0. The molecular formula is C112H99F3N20O15. The molecule has 35 nitrogen and oxygen atoms in total. The number of benzene rings is 6. The van der Waals surface area contributed by atoms with E-state index < -0.39 is 54.2 Å². The Hall–Kier alpha value is -20.1. The van der Waals surface area contributed by atoms with Gasteiger partial charge in [-0.15, -0.1) is 5.92 Å². The van der Waals surface area contributed by atoms with Gasteiger partial charge in [-0.25, -0.2) is 18.2 Å². The van der Waals surface area contributed by atoms with Crippen LogP contribution in [0.5, 0.6) is 28.7 Å². The van der Waals surface area contributed by atoms with Crippen LogP contribution in [0.1, 0.15) is 195 Å². The molecule has 0 spiro atoms. The van der Waals surface area contributed by atoms with Crippen LogP contribution in [0.3, 0.4) is 0 Å². The van der Waals surface area contributed by atoms with Crippen LogP contribution in [0.4, 0.5) is 41.6 Å². The van der Waals surface area contributed by atoms with E-state index in [-0.39, 0.29) is 95.7 Å². The van der Waals surface area contributed by atoms with E-state index >= 15 is 0 Å². The van der Waals surface area contributed by atoms with Gasteiger partial charge in [-0.05, 0) is 256 Å². The Morgan fingerprint density at radius 3 is 0.887 bits per heavy atom. The third kappa shape index (κ3) is 32.7. The maximum absolute atomic E-state index is 12.7. The number of rotatable bonds is 33. The Labute approximate surface area is 858 Å². The highest BCUT2D eigenvalue weighted by Crippen LogP contribution is 2.29. The van der Waals surface area contributed by atoms with Crippen molar-refractivity contribution in [2.24, 2.45) is 28.7 Å². The molecule has 16 rings (SSSR count). The highest BCUT2D eigenvalue weighted by molar-refractivity contribution is 6.07. The quantitative estimate of drug-likeness (QED) is 0.0171. The van der Waals surface area contributed by atoms with Crippen molar-refractivity contribution in [1.82, 2.24) is 49.8 Å². The molecule has 16 aromatic rings. The van der Waals surface area contributed by atoms with Gasteiger partial charge in [0.25, 0.3) is 36.0 Å². The van der Waals surface area contributed by atoms with E-state index in [0.717, 1.165) is 90.4 Å². The average molecular weight is 2020 g/mol. The van der Waals surface area contributed by atoms with Gasteiger partial charge in [0.05, 0.1) is 92.4 Å². The van der Waals surface area contributed by atoms with E-state index in [1.807, 2.05) is 145 Å². The molecule has 38 heteroatoms. The van der Waals surface area contributed by atoms with Gasteiger partial charge in [-0.2, -0.15) is 0 Å². The fourth-order valence-corrected chi connectivity index (χ4v) is 13.5. The lowest BCUT2D eigenvalue weighted by Crippen LogP contribution is -2.14. The number of halogens is 3. The van der Waals surface area contributed by atoms with Crippen molar-refractivity contribution in [2.75, 3.05) is 26.6 Å². The van der Waals surface area contributed by atoms with Crippen molar-refractivity contribution < 1.29 is 84.8 Å². The summed E-state index contributed by atoms with van der Waals surface area (Å²) in [5.41, 5.74) is 44.8. The summed E-state index contributed by atoms with van der Waals surface area (Å²) in [5.74, 6) is 3.24. The van der Waals surface area contributed by atoms with Crippen molar-refractivity contribution in [2.45, 2.75) is 94.6 Å². The number of aryl methyl sites for hydroxylation is 6. The topological polar surface area (TPSA) is 536 Å². The molecule has 15 N–H and O–H groups in total. The lowest BCUT2D eigenvalue weighted by atomic mass is 10.1. The second-order valence-corrected chi connectivity index (χ2v) is 33.0. The molecule has 0 radical (unpaired) electrons. The van der Waals surface area contributed by atoms with Crippen LogP contribution < -0.4 is 78.9 Å². The van der Waals surface area contributed by atoms with Crippen LogP contribution in [0, 0.1) is 53.4 Å². The number of nitrogens with zero attached hydrogens (tertiary/aromatic N) is 10. The molecule has 0 atom stereocenters. The number of ether oxygens (including phenoxy) is 5. The summed E-state index contributed by atoms with van der Waals surface area (Å²) in [6.45, 7) is 13.7. The molecule has 150 heavy (non-hydrogen) atoms. The molecule has 10 amide bonds. The summed E-state index contributed by atoms with van der Waals surface area (Å²) >= 11 is 0. The molecule has 0 aliphatic heterocycles. The fourth-order valence-electron chi connectivity index (χ4n) is 13.5. The molecule has 10 aromatic heterocycles. The van der Waals surface area contributed by atoms with Crippen molar-refractivity contribution in [3.8, 4) is 51.8 Å². The van der Waals surface area contributed by atoms with Crippen molar-refractivity contribution in [1.29, 1.82) is 0 Å². The molecule has 10 heterocycles. The number of amides is 10. The van der Waals surface area contributed by atoms with Crippen molar-refractivity contribution in [3.63, 3.8) is 0 Å². The number of primary amides is 5. The van der Waals surface area contributed by atoms with Gasteiger partial charge < -0.3 is 78.9 Å². The Balaban J connectivity index is 0.000000166. The van der Waals surface area contributed by atoms with Crippen molar-refractivity contribution in [3.05, 3.63) is 439 Å². The summed E-state index contributed by atoms with van der Waals surface area (Å²) in [4.78, 5) is 158. The normalized spacial score (nSPS) is 10.4. The first kappa shape index (κ1) is 109. The van der Waals surface area contributed by atoms with E-state index in [2.05, 4.69) is 88.3 Å². The lowest BCUT2D eigenvalue weighted by Gasteiger charge is -2.12. The monoisotopic (exact) mass is 2020 g/mol. The molecule has 0 aliphatic carbocycles. The van der Waals surface area contributed by atoms with Crippen LogP contribution in [0.2, 0.25) is 0 Å². The van der Waals surface area contributed by atoms with E-state index in [9.17, 15) is 61.1 Å². The number of carbonyl (C=O) groups is 10. The predicted octanol–water partition coefficient (Wildman–Crippen LogP) is 17.3. The maximum atomic E-state index is 12.7. The van der Waals surface area contributed by atoms with E-state index in [4.69, 9.17) is 52.4 Å². The third-order valence-electron chi connectivity index (χ3n) is 22.0. The van der Waals surface area contributed by atoms with Gasteiger partial charge in [0.1, 0.15) is 79.8 Å². The van der Waals surface area contributed by atoms with Crippen LogP contribution in [-0.4, -0.2) is 109 Å². The summed E-state index contributed by atoms with van der Waals surface area (Å²) < 4.78 is 66.3. The first-order chi connectivity index (χ1) is 72.2. The van der Waals surface area contributed by atoms with E-state index in [1.54, 1.807) is 92.2 Å². The summed E-state index contributed by atoms with van der Waals surface area (Å²) in [6.07, 6.45) is 18.8. The zero-order chi connectivity index (χ0) is 107. The molecule has 6 aromatic carbocycles. The SMILES string of the molecule is CC#Cc1ccc(C(=O)Nc2ccc(C)c(COc3cncc(C(N)=O)c3)c2)nc1.Cc1ccc(C(=O)Nc2ccc(C)c(COc3cncc(C(N)=O)c3)c2)cn1.Cc1ccc(NC(=O)c2ccc(-c3ccccc3)nc2)cc1COc1cncc(C(N)=O)c1.Cc1ccc(NC(=O)c2ccc(C(F)F)nc2)cc1COc1cncc(C(N)=O)c1.Cc1ccc(NC(=O)c2ccc(CF)nc2)cc1COc1cncc(C(N)=O)c1. The minimum absolute atomic E-state index is 0.159. The molecular weight excluding hydrogens is 1920 g/mol. The number of hydrogen-bond acceptors (Lipinski definition) is 25. The Bertz CT molecular complexity index is 7640. The average Bonchev–Trinajstić information content (AvgIpc) is 0.815. The number of alkyl halides is 3. The number of anilines is 5. The number of carbonyl (C=O) groups excluding carboxylic acids is 10. The largest absolute Gasteiger partial charge is 0.487 e. The summed E-state index contributed by atoms with van der Waals surface area (Å²) in [5, 5.41) is 14.1. The van der Waals surface area contributed by atoms with Crippen LogP contribution in [-0.2, 0) is 39.7 Å². The van der Waals surface area contributed by atoms with Gasteiger partial charge in [0, 0.05) is 107 Å². The predicted molar refractivity (Wildman–Crippen MR) is 555 cm³/mol. The molecule has 0 aliphatic rings. The number of nitrogens with one attached hydrogen (secondary N) is 5. The minimum atomic E-state index is -2.69. The maximum Gasteiger partial charge on any atom is 0.280 e. The second-order valence-electron chi connectivity index (χ2n) is 33.0. The molecule has 0 bridgehead atoms. The number of aromatic nitrogens is 10. The third-order valence-corrected chi connectivity index (χ3v) is 22.0. The van der Waals surface area contributed by atoms with Gasteiger partial charge in [0.2, 0.25) is 29.5 Å². The lowest BCUT2D eigenvalue weighted by molar-refractivity contribution is 0.0991.